The summed E-state index contributed by atoms with van der Waals surface area (Å²) < 4.78 is 7.64. The molecule has 96 valence electrons. The molecule has 4 nitrogen and oxygen atoms in total. The molecule has 0 aliphatic carbocycles. The number of nitrogens with two attached hydrogens (primary N) is 1. The maximum atomic E-state index is 5.88. The van der Waals surface area contributed by atoms with Gasteiger partial charge in [0.2, 0.25) is 0 Å². The molecule has 0 saturated heterocycles. The van der Waals surface area contributed by atoms with E-state index < -0.39 is 0 Å². The molecular weight excluding hydrogens is 226 g/mol. The van der Waals surface area contributed by atoms with Gasteiger partial charge >= 0.3 is 0 Å². The third kappa shape index (κ3) is 2.64. The molecule has 0 atom stereocenters. The molecule has 0 amide bonds. The maximum Gasteiger partial charge on any atom is 0.127 e. The minimum atomic E-state index is 0.636. The molecular formula is C14H19N3O. The van der Waals surface area contributed by atoms with Crippen LogP contribution < -0.4 is 10.5 Å². The lowest BCUT2D eigenvalue weighted by Gasteiger charge is -2.13. The zero-order valence-corrected chi connectivity index (χ0v) is 11.1. The second-order valence-electron chi connectivity index (χ2n) is 4.55. The van der Waals surface area contributed by atoms with E-state index in [1.807, 2.05) is 45.4 Å². The molecule has 1 aromatic heterocycles. The minimum Gasteiger partial charge on any atom is -0.493 e. The van der Waals surface area contributed by atoms with Crippen molar-refractivity contribution in [3.8, 4) is 5.75 Å². The largest absolute Gasteiger partial charge is 0.493 e. The van der Waals surface area contributed by atoms with Crippen LogP contribution in [0.15, 0.2) is 24.5 Å². The number of ether oxygens (including phenoxy) is 1. The predicted octanol–water partition coefficient (Wildman–Crippen LogP) is 2.24. The fourth-order valence-electron chi connectivity index (χ4n) is 1.94. The average Bonchev–Trinajstić information content (AvgIpc) is 2.74. The molecule has 0 radical (unpaired) electrons. The van der Waals surface area contributed by atoms with Gasteiger partial charge in [-0.3, -0.25) is 4.68 Å². The van der Waals surface area contributed by atoms with Crippen LogP contribution in [0.4, 0.5) is 5.69 Å². The monoisotopic (exact) mass is 245 g/mol. The summed E-state index contributed by atoms with van der Waals surface area (Å²) in [6.45, 7) is 4.66. The van der Waals surface area contributed by atoms with Gasteiger partial charge in [0, 0.05) is 30.9 Å². The Morgan fingerprint density at radius 2 is 2.11 bits per heavy atom. The standard InChI is InChI=1S/C14H19N3O/c1-10-4-5-13(15)11(2)14(10)18-7-6-12-8-16-17(3)9-12/h4-5,8-9H,6-7,15H2,1-3H3. The summed E-state index contributed by atoms with van der Waals surface area (Å²) in [5, 5.41) is 4.13. The van der Waals surface area contributed by atoms with Crippen molar-refractivity contribution < 1.29 is 4.74 Å². The molecule has 0 saturated carbocycles. The zero-order valence-electron chi connectivity index (χ0n) is 11.1. The topological polar surface area (TPSA) is 53.1 Å². The number of hydrogen-bond donors (Lipinski definition) is 1. The molecule has 4 heteroatoms. The number of anilines is 1. The van der Waals surface area contributed by atoms with Crippen molar-refractivity contribution in [2.45, 2.75) is 20.3 Å². The van der Waals surface area contributed by atoms with Gasteiger partial charge < -0.3 is 10.5 Å². The van der Waals surface area contributed by atoms with Crippen LogP contribution in [0.25, 0.3) is 0 Å². The molecule has 0 spiro atoms. The van der Waals surface area contributed by atoms with E-state index in [0.717, 1.165) is 29.0 Å². The number of rotatable bonds is 4. The highest BCUT2D eigenvalue weighted by Crippen LogP contribution is 2.27. The normalized spacial score (nSPS) is 10.6. The molecule has 18 heavy (non-hydrogen) atoms. The molecule has 2 N–H and O–H groups in total. The summed E-state index contributed by atoms with van der Waals surface area (Å²) in [4.78, 5) is 0. The number of aromatic nitrogens is 2. The number of hydrogen-bond acceptors (Lipinski definition) is 3. The molecule has 0 unspecified atom stereocenters. The first-order chi connectivity index (χ1) is 8.58. The van der Waals surface area contributed by atoms with E-state index in [0.29, 0.717) is 6.61 Å². The predicted molar refractivity (Wildman–Crippen MR) is 72.7 cm³/mol. The van der Waals surface area contributed by atoms with E-state index in [1.165, 1.54) is 5.56 Å². The Bertz CT molecular complexity index is 546. The van der Waals surface area contributed by atoms with Crippen LogP contribution in [0.2, 0.25) is 0 Å². The quantitative estimate of drug-likeness (QED) is 0.840. The Hall–Kier alpha value is -1.97. The fraction of sp³-hybridized carbons (Fsp3) is 0.357. The van der Waals surface area contributed by atoms with Crippen LogP contribution in [-0.4, -0.2) is 16.4 Å². The molecule has 2 rings (SSSR count). The van der Waals surface area contributed by atoms with Crippen molar-refractivity contribution in [3.05, 3.63) is 41.2 Å². The van der Waals surface area contributed by atoms with E-state index in [2.05, 4.69) is 5.10 Å². The van der Waals surface area contributed by atoms with Gasteiger partial charge in [-0.1, -0.05) is 6.07 Å². The number of nitrogens with zero attached hydrogens (tertiary/aromatic N) is 2. The van der Waals surface area contributed by atoms with E-state index in [9.17, 15) is 0 Å². The molecule has 2 aromatic rings. The van der Waals surface area contributed by atoms with Crippen LogP contribution in [0.5, 0.6) is 5.75 Å². The van der Waals surface area contributed by atoms with Crippen molar-refractivity contribution in [3.63, 3.8) is 0 Å². The van der Waals surface area contributed by atoms with E-state index in [-0.39, 0.29) is 0 Å². The summed E-state index contributed by atoms with van der Waals surface area (Å²) in [5.74, 6) is 0.902. The van der Waals surface area contributed by atoms with Gasteiger partial charge in [-0.05, 0) is 31.0 Å². The Balaban J connectivity index is 2.00. The number of aryl methyl sites for hydroxylation is 2. The summed E-state index contributed by atoms with van der Waals surface area (Å²) in [7, 11) is 1.91. The smallest absolute Gasteiger partial charge is 0.127 e. The summed E-state index contributed by atoms with van der Waals surface area (Å²) in [6, 6.07) is 3.90. The van der Waals surface area contributed by atoms with Crippen LogP contribution in [0.3, 0.4) is 0 Å². The summed E-state index contributed by atoms with van der Waals surface area (Å²) in [6.07, 6.45) is 4.71. The minimum absolute atomic E-state index is 0.636. The van der Waals surface area contributed by atoms with E-state index in [1.54, 1.807) is 4.68 Å². The molecule has 0 aliphatic heterocycles. The Labute approximate surface area is 107 Å². The highest BCUT2D eigenvalue weighted by atomic mass is 16.5. The fourth-order valence-corrected chi connectivity index (χ4v) is 1.94. The molecule has 1 aromatic carbocycles. The van der Waals surface area contributed by atoms with Crippen LogP contribution >= 0.6 is 0 Å². The molecule has 1 heterocycles. The highest BCUT2D eigenvalue weighted by Gasteiger charge is 2.07. The lowest BCUT2D eigenvalue weighted by atomic mass is 10.1. The van der Waals surface area contributed by atoms with Gasteiger partial charge in [0.15, 0.2) is 0 Å². The highest BCUT2D eigenvalue weighted by molar-refractivity contribution is 5.56. The second-order valence-corrected chi connectivity index (χ2v) is 4.55. The van der Waals surface area contributed by atoms with Gasteiger partial charge in [-0.15, -0.1) is 0 Å². The maximum absolute atomic E-state index is 5.88. The van der Waals surface area contributed by atoms with Gasteiger partial charge in [0.1, 0.15) is 5.75 Å². The van der Waals surface area contributed by atoms with Gasteiger partial charge in [-0.2, -0.15) is 5.10 Å². The van der Waals surface area contributed by atoms with Crippen LogP contribution in [-0.2, 0) is 13.5 Å². The lowest BCUT2D eigenvalue weighted by molar-refractivity contribution is 0.318. The SMILES string of the molecule is Cc1ccc(N)c(C)c1OCCc1cnn(C)c1. The molecule has 0 aliphatic rings. The number of benzene rings is 1. The van der Waals surface area contributed by atoms with E-state index >= 15 is 0 Å². The van der Waals surface area contributed by atoms with Crippen molar-refractivity contribution in [2.75, 3.05) is 12.3 Å². The van der Waals surface area contributed by atoms with Gasteiger partial charge in [0.05, 0.1) is 12.8 Å². The summed E-state index contributed by atoms with van der Waals surface area (Å²) in [5.41, 5.74) is 9.97. The second kappa shape index (κ2) is 5.12. The first-order valence-electron chi connectivity index (χ1n) is 6.04. The van der Waals surface area contributed by atoms with Gasteiger partial charge in [-0.25, -0.2) is 0 Å². The summed E-state index contributed by atoms with van der Waals surface area (Å²) >= 11 is 0. The van der Waals surface area contributed by atoms with Crippen LogP contribution in [0.1, 0.15) is 16.7 Å². The van der Waals surface area contributed by atoms with E-state index in [4.69, 9.17) is 10.5 Å². The van der Waals surface area contributed by atoms with Gasteiger partial charge in [0.25, 0.3) is 0 Å². The van der Waals surface area contributed by atoms with Crippen molar-refractivity contribution in [1.82, 2.24) is 9.78 Å². The first kappa shape index (κ1) is 12.5. The van der Waals surface area contributed by atoms with Crippen molar-refractivity contribution in [1.29, 1.82) is 0 Å². The average molecular weight is 245 g/mol. The van der Waals surface area contributed by atoms with Crippen LogP contribution in [0, 0.1) is 13.8 Å². The Kier molecular flexibility index (Phi) is 3.55. The van der Waals surface area contributed by atoms with Crippen molar-refractivity contribution >= 4 is 5.69 Å². The van der Waals surface area contributed by atoms with Crippen molar-refractivity contribution in [2.24, 2.45) is 7.05 Å². The first-order valence-corrected chi connectivity index (χ1v) is 6.04. The third-order valence-electron chi connectivity index (χ3n) is 3.04. The number of nitrogen functional groups attached to an aromatic ring is 1. The Morgan fingerprint density at radius 1 is 1.33 bits per heavy atom. The third-order valence-corrected chi connectivity index (χ3v) is 3.04. The zero-order chi connectivity index (χ0) is 13.1. The molecule has 0 fully saturated rings. The molecule has 0 bridgehead atoms. The Morgan fingerprint density at radius 3 is 2.78 bits per heavy atom. The lowest BCUT2D eigenvalue weighted by Crippen LogP contribution is -2.04.